The zero-order valence-electron chi connectivity index (χ0n) is 11.2. The van der Waals surface area contributed by atoms with E-state index in [4.69, 9.17) is 0 Å². The normalized spacial score (nSPS) is 11.3. The molecule has 4 nitrogen and oxygen atoms in total. The molecule has 0 fully saturated rings. The molecule has 20 heavy (non-hydrogen) atoms. The van der Waals surface area contributed by atoms with Gasteiger partial charge in [0.15, 0.2) is 0 Å². The van der Waals surface area contributed by atoms with Crippen molar-refractivity contribution in [1.29, 1.82) is 0 Å². The number of benzene rings is 1. The van der Waals surface area contributed by atoms with E-state index in [9.17, 15) is 8.42 Å². The van der Waals surface area contributed by atoms with Crippen LogP contribution in [0.2, 0.25) is 0 Å². The fraction of sp³-hybridized carbons (Fsp3) is 0.214. The molecule has 0 atom stereocenters. The molecule has 106 valence electrons. The second kappa shape index (κ2) is 5.93. The first kappa shape index (κ1) is 15.0. The van der Waals surface area contributed by atoms with Gasteiger partial charge in [0.25, 0.3) is 10.0 Å². The van der Waals surface area contributed by atoms with E-state index in [0.29, 0.717) is 10.2 Å². The van der Waals surface area contributed by atoms with E-state index in [-0.39, 0.29) is 4.90 Å². The molecule has 0 spiro atoms. The van der Waals surface area contributed by atoms with Gasteiger partial charge in [-0.05, 0) is 46.5 Å². The van der Waals surface area contributed by atoms with E-state index >= 15 is 0 Å². The molecule has 1 N–H and O–H groups in total. The van der Waals surface area contributed by atoms with Gasteiger partial charge in [0.1, 0.15) is 4.90 Å². The molecule has 1 aromatic carbocycles. The van der Waals surface area contributed by atoms with E-state index in [1.54, 1.807) is 6.20 Å². The lowest BCUT2D eigenvalue weighted by Gasteiger charge is -2.14. The van der Waals surface area contributed by atoms with Crippen LogP contribution >= 0.6 is 15.9 Å². The van der Waals surface area contributed by atoms with E-state index in [2.05, 4.69) is 25.6 Å². The van der Waals surface area contributed by atoms with Crippen LogP contribution in [0.15, 0.2) is 46.0 Å². The number of nitrogens with zero attached hydrogens (tertiary/aromatic N) is 1. The van der Waals surface area contributed by atoms with Crippen LogP contribution in [-0.4, -0.2) is 13.4 Å². The Labute approximate surface area is 127 Å². The van der Waals surface area contributed by atoms with Crippen molar-refractivity contribution in [3.8, 4) is 0 Å². The average Bonchev–Trinajstić information content (AvgIpc) is 2.41. The predicted molar refractivity (Wildman–Crippen MR) is 83.3 cm³/mol. The van der Waals surface area contributed by atoms with Gasteiger partial charge in [-0.3, -0.25) is 9.71 Å². The largest absolute Gasteiger partial charge is 0.279 e. The monoisotopic (exact) mass is 354 g/mol. The van der Waals surface area contributed by atoms with Crippen molar-refractivity contribution in [3.63, 3.8) is 0 Å². The Balaban J connectivity index is 2.44. The number of sulfonamides is 1. The van der Waals surface area contributed by atoms with Crippen molar-refractivity contribution < 1.29 is 8.42 Å². The Morgan fingerprint density at radius 2 is 2.05 bits per heavy atom. The van der Waals surface area contributed by atoms with E-state index in [0.717, 1.165) is 17.5 Å². The summed E-state index contributed by atoms with van der Waals surface area (Å²) < 4.78 is 28.1. The smallest absolute Gasteiger partial charge is 0.263 e. The van der Waals surface area contributed by atoms with Gasteiger partial charge in [-0.2, -0.15) is 0 Å². The number of nitrogens with one attached hydrogen (secondary N) is 1. The summed E-state index contributed by atoms with van der Waals surface area (Å²) in [7, 11) is -3.63. The van der Waals surface area contributed by atoms with E-state index < -0.39 is 10.0 Å². The Morgan fingerprint density at radius 1 is 1.30 bits per heavy atom. The third-order valence-corrected chi connectivity index (χ3v) is 4.72. The average molecular weight is 355 g/mol. The first-order valence-electron chi connectivity index (χ1n) is 6.16. The van der Waals surface area contributed by atoms with Gasteiger partial charge in [-0.25, -0.2) is 8.42 Å². The highest BCUT2D eigenvalue weighted by Gasteiger charge is 2.17. The molecule has 0 radical (unpaired) electrons. The van der Waals surface area contributed by atoms with Gasteiger partial charge in [-0.15, -0.1) is 0 Å². The van der Waals surface area contributed by atoms with Gasteiger partial charge in [0, 0.05) is 16.9 Å². The highest BCUT2D eigenvalue weighted by Crippen LogP contribution is 2.25. The van der Waals surface area contributed by atoms with Crippen LogP contribution in [0.4, 0.5) is 5.69 Å². The maximum absolute atomic E-state index is 12.4. The maximum Gasteiger partial charge on any atom is 0.263 e. The van der Waals surface area contributed by atoms with E-state index in [1.165, 1.54) is 12.3 Å². The zero-order chi connectivity index (χ0) is 14.8. The number of hydrogen-bond donors (Lipinski definition) is 1. The molecule has 1 heterocycles. The van der Waals surface area contributed by atoms with Crippen molar-refractivity contribution in [2.24, 2.45) is 0 Å². The maximum atomic E-state index is 12.4. The molecule has 0 aliphatic rings. The molecule has 0 saturated heterocycles. The van der Waals surface area contributed by atoms with Crippen LogP contribution in [0.3, 0.4) is 0 Å². The third kappa shape index (κ3) is 3.19. The van der Waals surface area contributed by atoms with Crippen LogP contribution in [0.1, 0.15) is 18.1 Å². The van der Waals surface area contributed by atoms with Crippen LogP contribution in [0, 0.1) is 6.92 Å². The minimum absolute atomic E-state index is 0.136. The van der Waals surface area contributed by atoms with Crippen LogP contribution in [-0.2, 0) is 16.4 Å². The van der Waals surface area contributed by atoms with Gasteiger partial charge in [0.05, 0.1) is 5.69 Å². The van der Waals surface area contributed by atoms with Gasteiger partial charge < -0.3 is 0 Å². The van der Waals surface area contributed by atoms with Gasteiger partial charge >= 0.3 is 0 Å². The fourth-order valence-electron chi connectivity index (χ4n) is 1.90. The Bertz CT molecular complexity index is 730. The Morgan fingerprint density at radius 3 is 2.70 bits per heavy atom. The molecule has 6 heteroatoms. The van der Waals surface area contributed by atoms with Crippen molar-refractivity contribution in [3.05, 3.63) is 52.3 Å². The number of aryl methyl sites for hydroxylation is 2. The molecule has 1 aromatic heterocycles. The first-order valence-corrected chi connectivity index (χ1v) is 8.43. The lowest BCUT2D eigenvalue weighted by molar-refractivity contribution is 0.600. The quantitative estimate of drug-likeness (QED) is 0.913. The summed E-state index contributed by atoms with van der Waals surface area (Å²) >= 11 is 3.23. The molecule has 0 aliphatic heterocycles. The molecule has 2 rings (SSSR count). The summed E-state index contributed by atoms with van der Waals surface area (Å²) in [5, 5.41) is 0. The SMILES string of the molecule is CCc1cccc(C)c1NS(=O)(=O)c1cncc(Br)c1. The third-order valence-electron chi connectivity index (χ3n) is 2.97. The number of para-hydroxylation sites is 1. The number of halogens is 1. The first-order chi connectivity index (χ1) is 9.44. The van der Waals surface area contributed by atoms with Crippen molar-refractivity contribution in [2.75, 3.05) is 4.72 Å². The predicted octanol–water partition coefficient (Wildman–Crippen LogP) is 3.52. The second-order valence-electron chi connectivity index (χ2n) is 4.41. The number of anilines is 1. The van der Waals surface area contributed by atoms with Gasteiger partial charge in [-0.1, -0.05) is 25.1 Å². The van der Waals surface area contributed by atoms with Crippen LogP contribution in [0.5, 0.6) is 0 Å². The molecule has 0 aliphatic carbocycles. The zero-order valence-corrected chi connectivity index (χ0v) is 13.6. The highest BCUT2D eigenvalue weighted by molar-refractivity contribution is 9.10. The molecule has 0 saturated carbocycles. The Hall–Kier alpha value is -1.40. The van der Waals surface area contributed by atoms with Crippen molar-refractivity contribution in [1.82, 2.24) is 4.98 Å². The lowest BCUT2D eigenvalue weighted by Crippen LogP contribution is -2.15. The topological polar surface area (TPSA) is 59.1 Å². The van der Waals surface area contributed by atoms with Crippen LogP contribution < -0.4 is 4.72 Å². The van der Waals surface area contributed by atoms with E-state index in [1.807, 2.05) is 32.0 Å². The summed E-state index contributed by atoms with van der Waals surface area (Å²) in [5.41, 5.74) is 2.52. The standard InChI is InChI=1S/C14H15BrN2O2S/c1-3-11-6-4-5-10(2)14(11)17-20(18,19)13-7-12(15)8-16-9-13/h4-9,17H,3H2,1-2H3. The second-order valence-corrected chi connectivity index (χ2v) is 7.01. The van der Waals surface area contributed by atoms with Gasteiger partial charge in [0.2, 0.25) is 0 Å². The summed E-state index contributed by atoms with van der Waals surface area (Å²) in [4.78, 5) is 4.03. The van der Waals surface area contributed by atoms with Crippen molar-refractivity contribution >= 4 is 31.6 Å². The minimum atomic E-state index is -3.63. The number of rotatable bonds is 4. The minimum Gasteiger partial charge on any atom is -0.279 e. The number of aromatic nitrogens is 1. The molecule has 0 bridgehead atoms. The van der Waals surface area contributed by atoms with Crippen LogP contribution in [0.25, 0.3) is 0 Å². The molecule has 2 aromatic rings. The van der Waals surface area contributed by atoms with Crippen molar-refractivity contribution in [2.45, 2.75) is 25.2 Å². The fourth-order valence-corrected chi connectivity index (χ4v) is 3.58. The molecular weight excluding hydrogens is 340 g/mol. The summed E-state index contributed by atoms with van der Waals surface area (Å²) in [5.74, 6) is 0. The summed E-state index contributed by atoms with van der Waals surface area (Å²) in [6.07, 6.45) is 3.64. The highest BCUT2D eigenvalue weighted by atomic mass is 79.9. The number of pyridine rings is 1. The molecular formula is C14H15BrN2O2S. The Kier molecular flexibility index (Phi) is 4.45. The lowest BCUT2D eigenvalue weighted by atomic mass is 10.1. The molecule has 0 unspecified atom stereocenters. The summed E-state index contributed by atoms with van der Waals surface area (Å²) in [6.45, 7) is 3.88. The molecule has 0 amide bonds. The number of hydrogen-bond acceptors (Lipinski definition) is 3. The summed E-state index contributed by atoms with van der Waals surface area (Å²) in [6, 6.07) is 7.26.